The van der Waals surface area contributed by atoms with Crippen molar-refractivity contribution in [1.29, 1.82) is 0 Å². The van der Waals surface area contributed by atoms with Crippen molar-refractivity contribution in [2.24, 2.45) is 15.7 Å². The fraction of sp³-hybridized carbons (Fsp3) is 0.400. The lowest BCUT2D eigenvalue weighted by Gasteiger charge is -2.21. The Hall–Kier alpha value is -1.47. The van der Waals surface area contributed by atoms with Gasteiger partial charge in [-0.3, -0.25) is 0 Å². The summed E-state index contributed by atoms with van der Waals surface area (Å²) >= 11 is 0. The quantitative estimate of drug-likeness (QED) is 0.327. The lowest BCUT2D eigenvalue weighted by atomic mass is 10.2. The second-order valence-corrected chi connectivity index (χ2v) is 2.43. The molecule has 0 fully saturated rings. The van der Waals surface area contributed by atoms with Crippen LogP contribution in [0.2, 0.25) is 0 Å². The molecule has 2 rings (SSSR count). The molecule has 7 heteroatoms. The number of nitrogens with two attached hydrogens (primary N) is 1. The van der Waals surface area contributed by atoms with E-state index in [1.165, 1.54) is 0 Å². The molecule has 12 heavy (non-hydrogen) atoms. The van der Waals surface area contributed by atoms with Crippen molar-refractivity contribution in [3.05, 3.63) is 0 Å². The first kappa shape index (κ1) is 7.19. The van der Waals surface area contributed by atoms with Gasteiger partial charge in [-0.1, -0.05) is 0 Å². The van der Waals surface area contributed by atoms with Crippen LogP contribution in [0.1, 0.15) is 0 Å². The lowest BCUT2D eigenvalue weighted by Crippen LogP contribution is -2.56. The molecule has 2 atom stereocenters. The van der Waals surface area contributed by atoms with E-state index in [0.29, 0.717) is 5.71 Å². The molecule has 2 aliphatic heterocycles. The third-order valence-corrected chi connectivity index (χ3v) is 1.60. The van der Waals surface area contributed by atoms with E-state index in [0.717, 1.165) is 0 Å². The number of amides is 2. The molecule has 5 N–H and O–H groups in total. The van der Waals surface area contributed by atoms with Crippen LogP contribution in [0.15, 0.2) is 9.98 Å². The van der Waals surface area contributed by atoms with E-state index in [1.807, 2.05) is 0 Å². The largest absolute Gasteiger partial charge is 0.382 e. The lowest BCUT2D eigenvalue weighted by molar-refractivity contribution is 0.135. The zero-order chi connectivity index (χ0) is 8.72. The van der Waals surface area contributed by atoms with Gasteiger partial charge in [0.25, 0.3) is 0 Å². The molecule has 0 aromatic carbocycles. The van der Waals surface area contributed by atoms with E-state index in [9.17, 15) is 4.79 Å². The molecule has 0 aromatic heterocycles. The van der Waals surface area contributed by atoms with Gasteiger partial charge >= 0.3 is 6.03 Å². The molecule has 0 aliphatic carbocycles. The van der Waals surface area contributed by atoms with Gasteiger partial charge in [0.15, 0.2) is 0 Å². The second-order valence-electron chi connectivity index (χ2n) is 2.43. The Kier molecular flexibility index (Phi) is 1.35. The zero-order valence-corrected chi connectivity index (χ0v) is 5.98. The summed E-state index contributed by atoms with van der Waals surface area (Å²) in [6.45, 7) is 0. The summed E-state index contributed by atoms with van der Waals surface area (Å²) in [6.07, 6.45) is -1.59. The molecule has 0 aromatic rings. The van der Waals surface area contributed by atoms with Crippen LogP contribution in [0.5, 0.6) is 0 Å². The SMILES string of the molecule is NC1=NC(O)NC2NC(=O)N=C12. The number of carbonyl (C=O) groups is 1. The fourth-order valence-electron chi connectivity index (χ4n) is 1.11. The summed E-state index contributed by atoms with van der Waals surface area (Å²) < 4.78 is 0. The van der Waals surface area contributed by atoms with Crippen molar-refractivity contribution in [3.63, 3.8) is 0 Å². The van der Waals surface area contributed by atoms with Crippen LogP contribution in [0.4, 0.5) is 4.79 Å². The molecule has 0 bridgehead atoms. The summed E-state index contributed by atoms with van der Waals surface area (Å²) in [5.74, 6) is 0.0876. The van der Waals surface area contributed by atoms with Crippen LogP contribution in [0.25, 0.3) is 0 Å². The third-order valence-electron chi connectivity index (χ3n) is 1.60. The van der Waals surface area contributed by atoms with E-state index in [2.05, 4.69) is 20.6 Å². The first-order chi connectivity index (χ1) is 5.66. The van der Waals surface area contributed by atoms with E-state index < -0.39 is 18.5 Å². The van der Waals surface area contributed by atoms with E-state index >= 15 is 0 Å². The summed E-state index contributed by atoms with van der Waals surface area (Å²) in [5, 5.41) is 14.0. The maximum absolute atomic E-state index is 10.7. The molecule has 0 radical (unpaired) electrons. The average molecular weight is 169 g/mol. The smallest absolute Gasteiger partial charge is 0.342 e. The molecule has 7 nitrogen and oxygen atoms in total. The number of aliphatic hydroxyl groups is 1. The Bertz CT molecular complexity index is 296. The average Bonchev–Trinajstić information content (AvgIpc) is 2.29. The van der Waals surface area contributed by atoms with Gasteiger partial charge in [-0.05, 0) is 0 Å². The zero-order valence-electron chi connectivity index (χ0n) is 5.98. The first-order valence-corrected chi connectivity index (χ1v) is 3.33. The summed E-state index contributed by atoms with van der Waals surface area (Å²) in [7, 11) is 0. The minimum absolute atomic E-state index is 0.0876. The maximum atomic E-state index is 10.7. The maximum Gasteiger partial charge on any atom is 0.342 e. The molecular formula is C5H7N5O2. The molecular weight excluding hydrogens is 162 g/mol. The van der Waals surface area contributed by atoms with Gasteiger partial charge in [-0.25, -0.2) is 15.1 Å². The number of nitrogens with one attached hydrogen (secondary N) is 2. The van der Waals surface area contributed by atoms with Crippen molar-refractivity contribution >= 4 is 17.6 Å². The highest BCUT2D eigenvalue weighted by Gasteiger charge is 2.33. The molecule has 0 spiro atoms. The monoisotopic (exact) mass is 169 g/mol. The predicted octanol–water partition coefficient (Wildman–Crippen LogP) is -2.29. The van der Waals surface area contributed by atoms with Crippen LogP contribution in [-0.4, -0.2) is 35.2 Å². The van der Waals surface area contributed by atoms with Crippen LogP contribution in [-0.2, 0) is 0 Å². The topological polar surface area (TPSA) is 112 Å². The van der Waals surface area contributed by atoms with Crippen molar-refractivity contribution in [2.45, 2.75) is 12.5 Å². The molecule has 0 saturated heterocycles. The van der Waals surface area contributed by atoms with Crippen molar-refractivity contribution < 1.29 is 9.90 Å². The van der Waals surface area contributed by atoms with Gasteiger partial charge in [-0.2, -0.15) is 4.99 Å². The first-order valence-electron chi connectivity index (χ1n) is 3.33. The van der Waals surface area contributed by atoms with Crippen molar-refractivity contribution in [3.8, 4) is 0 Å². The minimum Gasteiger partial charge on any atom is -0.382 e. The number of hydrogen-bond acceptors (Lipinski definition) is 5. The molecule has 2 heterocycles. The number of hydrogen-bond donors (Lipinski definition) is 4. The number of fused-ring (bicyclic) bond motifs is 1. The molecule has 64 valence electrons. The number of urea groups is 1. The Morgan fingerprint density at radius 2 is 2.33 bits per heavy atom. The molecule has 2 amide bonds. The Morgan fingerprint density at radius 1 is 1.58 bits per heavy atom. The number of carbonyl (C=O) groups excluding carboxylic acids is 1. The van der Waals surface area contributed by atoms with Crippen LogP contribution >= 0.6 is 0 Å². The van der Waals surface area contributed by atoms with Crippen LogP contribution < -0.4 is 16.4 Å². The van der Waals surface area contributed by atoms with Gasteiger partial charge in [0, 0.05) is 0 Å². The molecule has 2 aliphatic rings. The summed E-state index contributed by atoms with van der Waals surface area (Å²) in [6, 6.07) is -0.477. The highest BCUT2D eigenvalue weighted by Crippen LogP contribution is 2.04. The minimum atomic E-state index is -1.08. The summed E-state index contributed by atoms with van der Waals surface area (Å²) in [4.78, 5) is 17.9. The predicted molar refractivity (Wildman–Crippen MR) is 40.5 cm³/mol. The highest BCUT2D eigenvalue weighted by molar-refractivity contribution is 6.46. The molecule has 0 saturated carbocycles. The van der Waals surface area contributed by atoms with Crippen molar-refractivity contribution in [1.82, 2.24) is 10.6 Å². The highest BCUT2D eigenvalue weighted by atomic mass is 16.3. The van der Waals surface area contributed by atoms with Crippen LogP contribution in [0.3, 0.4) is 0 Å². The standard InChI is InChI=1S/C5H7N5O2/c6-2-1-3(9-4(11)7-1)10-5(12)8-2/h3,5,10,12H,(H2,6,8)(H,9,11). The van der Waals surface area contributed by atoms with Gasteiger partial charge in [0.1, 0.15) is 17.7 Å². The number of amidine groups is 1. The number of aliphatic hydroxyl groups excluding tert-OH is 1. The van der Waals surface area contributed by atoms with E-state index in [-0.39, 0.29) is 5.84 Å². The normalized spacial score (nSPS) is 33.6. The molecule has 2 unspecified atom stereocenters. The van der Waals surface area contributed by atoms with Gasteiger partial charge in [0.05, 0.1) is 0 Å². The Balaban J connectivity index is 2.34. The summed E-state index contributed by atoms with van der Waals surface area (Å²) in [5.41, 5.74) is 5.74. The van der Waals surface area contributed by atoms with E-state index in [1.54, 1.807) is 0 Å². The fourth-order valence-corrected chi connectivity index (χ4v) is 1.11. The Morgan fingerprint density at radius 3 is 3.08 bits per heavy atom. The third kappa shape index (κ3) is 0.953. The van der Waals surface area contributed by atoms with Gasteiger partial charge in [0.2, 0.25) is 6.35 Å². The number of nitrogens with zero attached hydrogens (tertiary/aromatic N) is 2. The van der Waals surface area contributed by atoms with Crippen molar-refractivity contribution in [2.75, 3.05) is 0 Å². The second kappa shape index (κ2) is 2.26. The van der Waals surface area contributed by atoms with Gasteiger partial charge < -0.3 is 16.2 Å². The Labute approximate surface area is 67.4 Å². The number of rotatable bonds is 0. The van der Waals surface area contributed by atoms with Gasteiger partial charge in [-0.15, -0.1) is 0 Å². The van der Waals surface area contributed by atoms with Crippen LogP contribution in [0, 0.1) is 0 Å². The number of aliphatic imine (C=N–C) groups is 2. The van der Waals surface area contributed by atoms with E-state index in [4.69, 9.17) is 10.8 Å².